The summed E-state index contributed by atoms with van der Waals surface area (Å²) in [6, 6.07) is 11.2. The number of likely N-dealkylation sites (N-methyl/N-ethyl adjacent to an activating group) is 1. The molecule has 0 saturated carbocycles. The summed E-state index contributed by atoms with van der Waals surface area (Å²) in [4.78, 5) is 6.56. The monoisotopic (exact) mass is 345 g/mol. The number of pyridine rings is 1. The van der Waals surface area contributed by atoms with Gasteiger partial charge < -0.3 is 9.47 Å². The molecule has 0 N–H and O–H groups in total. The van der Waals surface area contributed by atoms with Crippen LogP contribution in [0.25, 0.3) is 22.7 Å². The third-order valence-corrected chi connectivity index (χ3v) is 5.53. The third kappa shape index (κ3) is 2.97. The van der Waals surface area contributed by atoms with E-state index in [9.17, 15) is 0 Å². The van der Waals surface area contributed by atoms with Crippen LogP contribution in [0, 0.1) is 0 Å². The zero-order valence-corrected chi connectivity index (χ0v) is 16.2. The molecule has 3 aromatic rings. The van der Waals surface area contributed by atoms with E-state index in [1.165, 1.54) is 38.9 Å². The summed E-state index contributed by atoms with van der Waals surface area (Å²) in [7, 11) is 2.21. The Bertz CT molecular complexity index is 964. The number of hydrogen-bond donors (Lipinski definition) is 0. The zero-order chi connectivity index (χ0) is 18.3. The molecule has 0 spiro atoms. The number of aromatic nitrogens is 2. The first-order chi connectivity index (χ1) is 12.5. The molecule has 0 aliphatic carbocycles. The normalized spacial score (nSPS) is 15.7. The molecule has 3 nitrogen and oxygen atoms in total. The SMILES string of the molecule is CC(=Cn1c2c(c3ccc(C(C)C)cc31)CN(C)CC2)c1ccncc1. The number of fused-ring (bicyclic) bond motifs is 3. The van der Waals surface area contributed by atoms with Crippen LogP contribution in [0.4, 0.5) is 0 Å². The molecular weight excluding hydrogens is 318 g/mol. The van der Waals surface area contributed by atoms with E-state index in [4.69, 9.17) is 0 Å². The average Bonchev–Trinajstić information content (AvgIpc) is 2.95. The molecule has 4 rings (SSSR count). The van der Waals surface area contributed by atoms with Crippen molar-refractivity contribution in [3.63, 3.8) is 0 Å². The van der Waals surface area contributed by atoms with Gasteiger partial charge in [0.1, 0.15) is 0 Å². The van der Waals surface area contributed by atoms with Crippen LogP contribution in [0.1, 0.15) is 49.1 Å². The Balaban J connectivity index is 1.93. The Morgan fingerprint density at radius 3 is 2.65 bits per heavy atom. The number of allylic oxidation sites excluding steroid dienone is 1. The second-order valence-electron chi connectivity index (χ2n) is 7.76. The van der Waals surface area contributed by atoms with Crippen LogP contribution in [-0.4, -0.2) is 28.0 Å². The van der Waals surface area contributed by atoms with Crippen molar-refractivity contribution < 1.29 is 0 Å². The highest BCUT2D eigenvalue weighted by Crippen LogP contribution is 2.33. The Labute approximate surface area is 156 Å². The molecule has 3 heterocycles. The molecule has 0 bridgehead atoms. The maximum atomic E-state index is 4.14. The minimum absolute atomic E-state index is 0.535. The lowest BCUT2D eigenvalue weighted by atomic mass is 10.00. The van der Waals surface area contributed by atoms with E-state index >= 15 is 0 Å². The third-order valence-electron chi connectivity index (χ3n) is 5.53. The fourth-order valence-corrected chi connectivity index (χ4v) is 3.93. The lowest BCUT2D eigenvalue weighted by Crippen LogP contribution is -2.26. The van der Waals surface area contributed by atoms with Gasteiger partial charge in [-0.05, 0) is 60.4 Å². The van der Waals surface area contributed by atoms with Crippen LogP contribution in [0.2, 0.25) is 0 Å². The van der Waals surface area contributed by atoms with Gasteiger partial charge in [-0.3, -0.25) is 4.98 Å². The van der Waals surface area contributed by atoms with E-state index in [0.29, 0.717) is 5.92 Å². The summed E-state index contributed by atoms with van der Waals surface area (Å²) in [6.45, 7) is 8.86. The van der Waals surface area contributed by atoms with Crippen LogP contribution < -0.4 is 0 Å². The lowest BCUT2D eigenvalue weighted by Gasteiger charge is -2.23. The lowest BCUT2D eigenvalue weighted by molar-refractivity contribution is 0.312. The Hall–Kier alpha value is -2.39. The fraction of sp³-hybridized carbons (Fsp3) is 0.348. The van der Waals surface area contributed by atoms with Crippen molar-refractivity contribution in [3.8, 4) is 0 Å². The summed E-state index contributed by atoms with van der Waals surface area (Å²) in [5, 5.41) is 1.40. The smallest absolute Gasteiger partial charge is 0.0531 e. The molecule has 0 unspecified atom stereocenters. The van der Waals surface area contributed by atoms with Gasteiger partial charge in [-0.15, -0.1) is 0 Å². The van der Waals surface area contributed by atoms with Gasteiger partial charge >= 0.3 is 0 Å². The molecule has 0 atom stereocenters. The average molecular weight is 345 g/mol. The molecule has 0 fully saturated rings. The van der Waals surface area contributed by atoms with Crippen LogP contribution in [0.3, 0.4) is 0 Å². The molecule has 2 aromatic heterocycles. The molecule has 1 aromatic carbocycles. The minimum atomic E-state index is 0.535. The summed E-state index contributed by atoms with van der Waals surface area (Å²) < 4.78 is 2.44. The Kier molecular flexibility index (Phi) is 4.41. The number of hydrogen-bond acceptors (Lipinski definition) is 2. The highest BCUT2D eigenvalue weighted by atomic mass is 15.1. The number of nitrogens with zero attached hydrogens (tertiary/aromatic N) is 3. The van der Waals surface area contributed by atoms with Crippen molar-refractivity contribution in [1.29, 1.82) is 0 Å². The number of benzene rings is 1. The summed E-state index contributed by atoms with van der Waals surface area (Å²) in [5.74, 6) is 0.535. The summed E-state index contributed by atoms with van der Waals surface area (Å²) in [5.41, 5.74) is 8.18. The summed E-state index contributed by atoms with van der Waals surface area (Å²) in [6.07, 6.45) is 7.13. The van der Waals surface area contributed by atoms with Crippen molar-refractivity contribution >= 4 is 22.7 Å². The largest absolute Gasteiger partial charge is 0.320 e. The molecule has 0 amide bonds. The van der Waals surface area contributed by atoms with Crippen LogP contribution in [0.15, 0.2) is 42.7 Å². The first-order valence-corrected chi connectivity index (χ1v) is 9.47. The standard InChI is InChI=1S/C23H27N3/c1-16(2)19-5-6-20-21-15-25(4)12-9-22(21)26(23(20)13-19)14-17(3)18-7-10-24-11-8-18/h5-8,10-11,13-14,16H,9,12,15H2,1-4H3. The van der Waals surface area contributed by atoms with E-state index in [1.807, 2.05) is 12.4 Å². The second-order valence-corrected chi connectivity index (χ2v) is 7.76. The topological polar surface area (TPSA) is 21.1 Å². The fourth-order valence-electron chi connectivity index (χ4n) is 3.93. The van der Waals surface area contributed by atoms with Crippen molar-refractivity contribution in [2.75, 3.05) is 13.6 Å². The van der Waals surface area contributed by atoms with Crippen LogP contribution in [0.5, 0.6) is 0 Å². The Morgan fingerprint density at radius 1 is 1.15 bits per heavy atom. The Morgan fingerprint density at radius 2 is 1.92 bits per heavy atom. The predicted octanol–water partition coefficient (Wildman–Crippen LogP) is 5.17. The van der Waals surface area contributed by atoms with E-state index in [2.05, 4.69) is 78.8 Å². The first-order valence-electron chi connectivity index (χ1n) is 9.47. The van der Waals surface area contributed by atoms with Gasteiger partial charge in [0.15, 0.2) is 0 Å². The molecule has 0 saturated heterocycles. The highest BCUT2D eigenvalue weighted by Gasteiger charge is 2.22. The van der Waals surface area contributed by atoms with Gasteiger partial charge in [0.05, 0.1) is 5.52 Å². The van der Waals surface area contributed by atoms with Crippen molar-refractivity contribution in [1.82, 2.24) is 14.5 Å². The molecule has 0 radical (unpaired) electrons. The van der Waals surface area contributed by atoms with Crippen LogP contribution in [-0.2, 0) is 13.0 Å². The molecule has 134 valence electrons. The number of rotatable bonds is 3. The van der Waals surface area contributed by atoms with Gasteiger partial charge in [-0.2, -0.15) is 0 Å². The molecule has 3 heteroatoms. The van der Waals surface area contributed by atoms with Gasteiger partial charge in [0.2, 0.25) is 0 Å². The zero-order valence-electron chi connectivity index (χ0n) is 16.2. The van der Waals surface area contributed by atoms with Gasteiger partial charge in [-0.1, -0.05) is 26.0 Å². The van der Waals surface area contributed by atoms with Gasteiger partial charge in [-0.25, -0.2) is 0 Å². The molecule has 1 aliphatic rings. The highest BCUT2D eigenvalue weighted by molar-refractivity contribution is 5.90. The quantitative estimate of drug-likeness (QED) is 0.653. The van der Waals surface area contributed by atoms with Gasteiger partial charge in [0, 0.05) is 49.2 Å². The molecule has 26 heavy (non-hydrogen) atoms. The van der Waals surface area contributed by atoms with Crippen LogP contribution >= 0.6 is 0 Å². The maximum absolute atomic E-state index is 4.14. The second kappa shape index (κ2) is 6.73. The van der Waals surface area contributed by atoms with E-state index < -0.39 is 0 Å². The maximum Gasteiger partial charge on any atom is 0.0531 e. The van der Waals surface area contributed by atoms with Crippen molar-refractivity contribution in [3.05, 3.63) is 65.1 Å². The van der Waals surface area contributed by atoms with Crippen molar-refractivity contribution in [2.45, 2.75) is 39.7 Å². The van der Waals surface area contributed by atoms with E-state index in [1.54, 1.807) is 0 Å². The molecule has 1 aliphatic heterocycles. The minimum Gasteiger partial charge on any atom is -0.320 e. The first kappa shape index (κ1) is 17.0. The predicted molar refractivity (Wildman–Crippen MR) is 110 cm³/mol. The molecular formula is C23H27N3. The summed E-state index contributed by atoms with van der Waals surface area (Å²) >= 11 is 0. The van der Waals surface area contributed by atoms with Crippen molar-refractivity contribution in [2.24, 2.45) is 0 Å². The van der Waals surface area contributed by atoms with E-state index in [-0.39, 0.29) is 0 Å². The van der Waals surface area contributed by atoms with E-state index in [0.717, 1.165) is 19.5 Å². The van der Waals surface area contributed by atoms with Gasteiger partial charge in [0.25, 0.3) is 0 Å².